The van der Waals surface area contributed by atoms with Gasteiger partial charge in [-0.3, -0.25) is 9.78 Å². The molecule has 4 nitrogen and oxygen atoms in total. The molecule has 0 spiro atoms. The minimum absolute atomic E-state index is 0.0155. The van der Waals surface area contributed by atoms with E-state index in [-0.39, 0.29) is 17.5 Å². The number of amides is 1. The molecule has 1 heterocycles. The average Bonchev–Trinajstić information content (AvgIpc) is 2.61. The van der Waals surface area contributed by atoms with Crippen molar-refractivity contribution in [3.63, 3.8) is 0 Å². The molecule has 0 fully saturated rings. The van der Waals surface area contributed by atoms with Crippen molar-refractivity contribution in [3.05, 3.63) is 76.7 Å². The summed E-state index contributed by atoms with van der Waals surface area (Å²) in [6, 6.07) is 12.9. The topological polar surface area (TPSA) is 62.2 Å². The lowest BCUT2D eigenvalue weighted by Crippen LogP contribution is -2.28. The van der Waals surface area contributed by atoms with Crippen molar-refractivity contribution in [1.29, 1.82) is 0 Å². The Hall–Kier alpha value is -2.50. The summed E-state index contributed by atoms with van der Waals surface area (Å²) in [7, 11) is 0. The maximum atomic E-state index is 13.4. The third-order valence-electron chi connectivity index (χ3n) is 3.67. The zero-order chi connectivity index (χ0) is 17.1. The van der Waals surface area contributed by atoms with Crippen LogP contribution in [0.25, 0.3) is 10.9 Å². The predicted molar refractivity (Wildman–Crippen MR) is 90.4 cm³/mol. The van der Waals surface area contributed by atoms with Crippen LogP contribution in [0.15, 0.2) is 54.7 Å². The second-order valence-electron chi connectivity index (χ2n) is 5.28. The van der Waals surface area contributed by atoms with E-state index in [0.717, 1.165) is 11.5 Å². The lowest BCUT2D eigenvalue weighted by atomic mass is 10.1. The summed E-state index contributed by atoms with van der Waals surface area (Å²) in [6.07, 6.45) is 0.622. The van der Waals surface area contributed by atoms with Crippen molar-refractivity contribution in [2.75, 3.05) is 6.54 Å². The standard InChI is InChI=1S/C18H14ClFN2O2/c19-14-7-6-11(9-15(14)20)17(23)10-22-18(24)13-3-1-5-16-12(13)4-2-8-21-16/h1-9,17,23H,10H2,(H,22,24). The van der Waals surface area contributed by atoms with E-state index >= 15 is 0 Å². The molecule has 0 aliphatic carbocycles. The van der Waals surface area contributed by atoms with Crippen LogP contribution >= 0.6 is 11.6 Å². The van der Waals surface area contributed by atoms with E-state index < -0.39 is 11.9 Å². The van der Waals surface area contributed by atoms with Crippen LogP contribution in [-0.2, 0) is 0 Å². The summed E-state index contributed by atoms with van der Waals surface area (Å²) < 4.78 is 13.4. The highest BCUT2D eigenvalue weighted by Gasteiger charge is 2.14. The highest BCUT2D eigenvalue weighted by atomic mass is 35.5. The van der Waals surface area contributed by atoms with Gasteiger partial charge in [-0.2, -0.15) is 0 Å². The Morgan fingerprint density at radius 1 is 1.25 bits per heavy atom. The van der Waals surface area contributed by atoms with Crippen LogP contribution in [0, 0.1) is 5.82 Å². The molecule has 1 atom stereocenters. The maximum Gasteiger partial charge on any atom is 0.252 e. The lowest BCUT2D eigenvalue weighted by Gasteiger charge is -2.13. The molecule has 6 heteroatoms. The number of hydrogen-bond donors (Lipinski definition) is 2. The Kier molecular flexibility index (Phi) is 4.74. The van der Waals surface area contributed by atoms with Crippen molar-refractivity contribution in [1.82, 2.24) is 10.3 Å². The fourth-order valence-corrected chi connectivity index (χ4v) is 2.54. The molecule has 0 bridgehead atoms. The van der Waals surface area contributed by atoms with Crippen molar-refractivity contribution in [2.24, 2.45) is 0 Å². The van der Waals surface area contributed by atoms with Gasteiger partial charge in [0.05, 0.1) is 16.6 Å². The van der Waals surface area contributed by atoms with E-state index in [2.05, 4.69) is 10.3 Å². The van der Waals surface area contributed by atoms with Crippen LogP contribution in [0.3, 0.4) is 0 Å². The first-order valence-electron chi connectivity index (χ1n) is 7.31. The first-order chi connectivity index (χ1) is 11.6. The normalized spacial score (nSPS) is 12.1. The van der Waals surface area contributed by atoms with E-state index in [0.29, 0.717) is 16.6 Å². The number of carbonyl (C=O) groups is 1. The molecule has 0 saturated heterocycles. The number of fused-ring (bicyclic) bond motifs is 1. The van der Waals surface area contributed by atoms with E-state index in [1.54, 1.807) is 24.4 Å². The SMILES string of the molecule is O=C(NCC(O)c1ccc(Cl)c(F)c1)c1cccc2ncccc12. The Labute approximate surface area is 142 Å². The van der Waals surface area contributed by atoms with E-state index in [4.69, 9.17) is 11.6 Å². The number of nitrogens with zero attached hydrogens (tertiary/aromatic N) is 1. The van der Waals surface area contributed by atoms with Gasteiger partial charge in [0.2, 0.25) is 0 Å². The van der Waals surface area contributed by atoms with Crippen LogP contribution < -0.4 is 5.32 Å². The first-order valence-corrected chi connectivity index (χ1v) is 7.69. The van der Waals surface area contributed by atoms with Gasteiger partial charge in [-0.1, -0.05) is 29.8 Å². The molecule has 3 aromatic rings. The van der Waals surface area contributed by atoms with Crippen molar-refractivity contribution < 1.29 is 14.3 Å². The molecule has 3 rings (SSSR count). The third kappa shape index (κ3) is 3.37. The number of rotatable bonds is 4. The van der Waals surface area contributed by atoms with Gasteiger partial charge in [-0.15, -0.1) is 0 Å². The molecular formula is C18H14ClFN2O2. The number of hydrogen-bond acceptors (Lipinski definition) is 3. The second-order valence-corrected chi connectivity index (χ2v) is 5.68. The summed E-state index contributed by atoms with van der Waals surface area (Å²) >= 11 is 5.62. The van der Waals surface area contributed by atoms with Gasteiger partial charge in [0, 0.05) is 23.7 Å². The van der Waals surface area contributed by atoms with Gasteiger partial charge < -0.3 is 10.4 Å². The molecule has 0 aliphatic rings. The Bertz CT molecular complexity index is 896. The molecule has 122 valence electrons. The molecule has 2 aromatic carbocycles. The number of carbonyl (C=O) groups excluding carboxylic acids is 1. The quantitative estimate of drug-likeness (QED) is 0.761. The Morgan fingerprint density at radius 3 is 2.88 bits per heavy atom. The summed E-state index contributed by atoms with van der Waals surface area (Å²) in [4.78, 5) is 16.6. The molecule has 24 heavy (non-hydrogen) atoms. The van der Waals surface area contributed by atoms with Gasteiger partial charge in [0.1, 0.15) is 5.82 Å². The van der Waals surface area contributed by atoms with Gasteiger partial charge in [0.15, 0.2) is 0 Å². The predicted octanol–water partition coefficient (Wildman–Crippen LogP) is 3.49. The fraction of sp³-hybridized carbons (Fsp3) is 0.111. The highest BCUT2D eigenvalue weighted by Crippen LogP contribution is 2.20. The van der Waals surface area contributed by atoms with Crippen molar-refractivity contribution in [3.8, 4) is 0 Å². The first kappa shape index (κ1) is 16.4. The zero-order valence-electron chi connectivity index (χ0n) is 12.5. The van der Waals surface area contributed by atoms with Gasteiger partial charge in [-0.05, 0) is 35.9 Å². The summed E-state index contributed by atoms with van der Waals surface area (Å²) in [5, 5.41) is 13.5. The second kappa shape index (κ2) is 6.95. The number of nitrogens with one attached hydrogen (secondary N) is 1. The van der Waals surface area contributed by atoms with Gasteiger partial charge in [0.25, 0.3) is 5.91 Å². The van der Waals surface area contributed by atoms with Crippen molar-refractivity contribution >= 4 is 28.4 Å². The third-order valence-corrected chi connectivity index (χ3v) is 3.98. The van der Waals surface area contributed by atoms with Crippen LogP contribution in [-0.4, -0.2) is 22.5 Å². The molecule has 1 unspecified atom stereocenters. The molecular weight excluding hydrogens is 331 g/mol. The van der Waals surface area contributed by atoms with Crippen LogP contribution in [0.2, 0.25) is 5.02 Å². The molecule has 0 radical (unpaired) electrons. The minimum Gasteiger partial charge on any atom is -0.387 e. The molecule has 1 aromatic heterocycles. The number of pyridine rings is 1. The van der Waals surface area contributed by atoms with Crippen LogP contribution in [0.5, 0.6) is 0 Å². The summed E-state index contributed by atoms with van der Waals surface area (Å²) in [5.41, 5.74) is 1.53. The highest BCUT2D eigenvalue weighted by molar-refractivity contribution is 6.30. The molecule has 0 saturated carbocycles. The Morgan fingerprint density at radius 2 is 2.08 bits per heavy atom. The zero-order valence-corrected chi connectivity index (χ0v) is 13.3. The molecule has 1 amide bonds. The summed E-state index contributed by atoms with van der Waals surface area (Å²) in [6.45, 7) is -0.0451. The monoisotopic (exact) mass is 344 g/mol. The van der Waals surface area contributed by atoms with Gasteiger partial charge >= 0.3 is 0 Å². The van der Waals surface area contributed by atoms with E-state index in [1.165, 1.54) is 12.1 Å². The van der Waals surface area contributed by atoms with Crippen LogP contribution in [0.1, 0.15) is 22.0 Å². The van der Waals surface area contributed by atoms with E-state index in [9.17, 15) is 14.3 Å². The van der Waals surface area contributed by atoms with Crippen LogP contribution in [0.4, 0.5) is 4.39 Å². The summed E-state index contributed by atoms with van der Waals surface area (Å²) in [5.74, 6) is -0.943. The number of aromatic nitrogens is 1. The molecule has 0 aliphatic heterocycles. The average molecular weight is 345 g/mol. The fourth-order valence-electron chi connectivity index (χ4n) is 2.42. The Balaban J connectivity index is 1.73. The number of halogens is 2. The largest absolute Gasteiger partial charge is 0.387 e. The number of benzene rings is 2. The van der Waals surface area contributed by atoms with E-state index in [1.807, 2.05) is 12.1 Å². The smallest absolute Gasteiger partial charge is 0.252 e. The molecule has 2 N–H and O–H groups in total. The lowest BCUT2D eigenvalue weighted by molar-refractivity contribution is 0.0918. The maximum absolute atomic E-state index is 13.4. The van der Waals surface area contributed by atoms with Gasteiger partial charge in [-0.25, -0.2) is 4.39 Å². The van der Waals surface area contributed by atoms with Crippen molar-refractivity contribution in [2.45, 2.75) is 6.10 Å². The number of aliphatic hydroxyl groups is 1. The minimum atomic E-state index is -1.03. The number of aliphatic hydroxyl groups excluding tert-OH is 1.